The standard InChI is InChI=1S/C14H21NO2.C14H21NO/c1-6-15(5)13(17)10-7-8-11(12(16)9-10)14(2,3)4;1-6-15(5)13(16)11-7-9-12(10-8-11)14(2,3)4/h7-9,16H,6H2,1-5H3;7-10H,6H2,1-5H3. The molecule has 2 rings (SSSR count). The van der Waals surface area contributed by atoms with Crippen molar-refractivity contribution in [1.82, 2.24) is 9.80 Å². The summed E-state index contributed by atoms with van der Waals surface area (Å²) in [5.74, 6) is 0.207. The van der Waals surface area contributed by atoms with Crippen molar-refractivity contribution < 1.29 is 14.7 Å². The SMILES string of the molecule is CCN(C)C(=O)c1ccc(C(C)(C)C)c(O)c1.CCN(C)C(=O)c1ccc(C(C)(C)C)cc1. The second-order valence-corrected chi connectivity index (χ2v) is 10.4. The minimum Gasteiger partial charge on any atom is -0.508 e. The first-order valence-electron chi connectivity index (χ1n) is 11.6. The summed E-state index contributed by atoms with van der Waals surface area (Å²) in [5.41, 5.74) is 3.41. The monoisotopic (exact) mass is 454 g/mol. The van der Waals surface area contributed by atoms with Gasteiger partial charge in [-0.3, -0.25) is 9.59 Å². The van der Waals surface area contributed by atoms with Gasteiger partial charge >= 0.3 is 0 Å². The van der Waals surface area contributed by atoms with E-state index < -0.39 is 0 Å². The van der Waals surface area contributed by atoms with Gasteiger partial charge in [-0.2, -0.15) is 0 Å². The molecule has 0 aliphatic carbocycles. The van der Waals surface area contributed by atoms with E-state index in [-0.39, 0.29) is 28.4 Å². The quantitative estimate of drug-likeness (QED) is 0.630. The van der Waals surface area contributed by atoms with Crippen LogP contribution in [-0.2, 0) is 10.8 Å². The van der Waals surface area contributed by atoms with Crippen LogP contribution in [0.5, 0.6) is 5.75 Å². The van der Waals surface area contributed by atoms with Crippen LogP contribution in [0.1, 0.15) is 87.2 Å². The number of carbonyl (C=O) groups excluding carboxylic acids is 2. The lowest BCUT2D eigenvalue weighted by atomic mass is 9.86. The van der Waals surface area contributed by atoms with E-state index in [4.69, 9.17) is 0 Å². The third kappa shape index (κ3) is 7.92. The molecule has 0 fully saturated rings. The lowest BCUT2D eigenvalue weighted by Crippen LogP contribution is -2.26. The molecule has 182 valence electrons. The first-order chi connectivity index (χ1) is 15.1. The second kappa shape index (κ2) is 11.4. The van der Waals surface area contributed by atoms with E-state index in [1.807, 2.05) is 72.0 Å². The highest BCUT2D eigenvalue weighted by Crippen LogP contribution is 2.31. The van der Waals surface area contributed by atoms with Crippen molar-refractivity contribution in [3.05, 3.63) is 64.7 Å². The number of nitrogens with zero attached hydrogens (tertiary/aromatic N) is 2. The largest absolute Gasteiger partial charge is 0.508 e. The molecule has 0 aliphatic heterocycles. The summed E-state index contributed by atoms with van der Waals surface area (Å²) in [6, 6.07) is 13.0. The summed E-state index contributed by atoms with van der Waals surface area (Å²) in [6.07, 6.45) is 0. The molecule has 0 saturated carbocycles. The Balaban J connectivity index is 0.000000331. The molecular formula is C28H42N2O3. The Morgan fingerprint density at radius 1 is 0.727 bits per heavy atom. The molecular weight excluding hydrogens is 412 g/mol. The molecule has 5 heteroatoms. The Labute approximate surface area is 200 Å². The summed E-state index contributed by atoms with van der Waals surface area (Å²) in [7, 11) is 3.57. The smallest absolute Gasteiger partial charge is 0.253 e. The zero-order valence-corrected chi connectivity index (χ0v) is 22.1. The first kappa shape index (κ1) is 28.2. The molecule has 0 bridgehead atoms. The van der Waals surface area contributed by atoms with Gasteiger partial charge in [-0.05, 0) is 60.1 Å². The molecule has 5 nitrogen and oxygen atoms in total. The van der Waals surface area contributed by atoms with E-state index in [1.54, 1.807) is 29.0 Å². The molecule has 0 spiro atoms. The van der Waals surface area contributed by atoms with Crippen molar-refractivity contribution in [2.45, 2.75) is 66.2 Å². The Kier molecular flexibility index (Phi) is 9.71. The number of phenols is 1. The molecule has 0 heterocycles. The van der Waals surface area contributed by atoms with Crippen molar-refractivity contribution in [3.63, 3.8) is 0 Å². The third-order valence-corrected chi connectivity index (χ3v) is 5.69. The number of aromatic hydroxyl groups is 1. The van der Waals surface area contributed by atoms with Gasteiger partial charge in [0.05, 0.1) is 0 Å². The van der Waals surface area contributed by atoms with Crippen LogP contribution in [0.4, 0.5) is 0 Å². The number of hydrogen-bond donors (Lipinski definition) is 1. The highest BCUT2D eigenvalue weighted by atomic mass is 16.3. The van der Waals surface area contributed by atoms with E-state index >= 15 is 0 Å². The zero-order valence-electron chi connectivity index (χ0n) is 22.1. The van der Waals surface area contributed by atoms with Crippen molar-refractivity contribution in [1.29, 1.82) is 0 Å². The van der Waals surface area contributed by atoms with E-state index in [0.717, 1.165) is 17.7 Å². The van der Waals surface area contributed by atoms with Crippen molar-refractivity contribution in [2.24, 2.45) is 0 Å². The molecule has 0 aliphatic rings. The Morgan fingerprint density at radius 2 is 1.15 bits per heavy atom. The van der Waals surface area contributed by atoms with E-state index in [9.17, 15) is 14.7 Å². The number of phenolic OH excluding ortho intramolecular Hbond substituents is 1. The van der Waals surface area contributed by atoms with Gasteiger partial charge in [0.15, 0.2) is 0 Å². The molecule has 2 aromatic carbocycles. The Morgan fingerprint density at radius 3 is 1.52 bits per heavy atom. The first-order valence-corrected chi connectivity index (χ1v) is 11.6. The maximum atomic E-state index is 11.9. The van der Waals surface area contributed by atoms with Gasteiger partial charge in [-0.25, -0.2) is 0 Å². The van der Waals surface area contributed by atoms with Crippen LogP contribution >= 0.6 is 0 Å². The summed E-state index contributed by atoms with van der Waals surface area (Å²) >= 11 is 0. The van der Waals surface area contributed by atoms with E-state index in [1.165, 1.54) is 5.56 Å². The summed E-state index contributed by atoms with van der Waals surface area (Å²) in [4.78, 5) is 27.1. The molecule has 2 aromatic rings. The van der Waals surface area contributed by atoms with Crippen LogP contribution in [-0.4, -0.2) is 53.9 Å². The summed E-state index contributed by atoms with van der Waals surface area (Å²) in [6.45, 7) is 17.9. The topological polar surface area (TPSA) is 60.9 Å². The van der Waals surface area contributed by atoms with Gasteiger partial charge in [0, 0.05) is 38.3 Å². The maximum Gasteiger partial charge on any atom is 0.253 e. The number of amides is 2. The highest BCUT2D eigenvalue weighted by molar-refractivity contribution is 5.94. The fourth-order valence-corrected chi connectivity index (χ4v) is 3.14. The number of rotatable bonds is 4. The highest BCUT2D eigenvalue weighted by Gasteiger charge is 2.20. The lowest BCUT2D eigenvalue weighted by molar-refractivity contribution is 0.0794. The van der Waals surface area contributed by atoms with Crippen molar-refractivity contribution in [3.8, 4) is 5.75 Å². The fourth-order valence-electron chi connectivity index (χ4n) is 3.14. The van der Waals surface area contributed by atoms with Gasteiger partial charge in [-0.1, -0.05) is 59.7 Å². The average Bonchev–Trinajstić information content (AvgIpc) is 2.75. The minimum atomic E-state index is -0.123. The average molecular weight is 455 g/mol. The van der Waals surface area contributed by atoms with Crippen LogP contribution in [0, 0.1) is 0 Å². The minimum absolute atomic E-state index is 0.0664. The Hall–Kier alpha value is -2.82. The van der Waals surface area contributed by atoms with E-state index in [2.05, 4.69) is 20.8 Å². The molecule has 1 N–H and O–H groups in total. The molecule has 33 heavy (non-hydrogen) atoms. The second-order valence-electron chi connectivity index (χ2n) is 10.4. The lowest BCUT2D eigenvalue weighted by Gasteiger charge is -2.21. The van der Waals surface area contributed by atoms with Gasteiger partial charge < -0.3 is 14.9 Å². The third-order valence-electron chi connectivity index (χ3n) is 5.69. The molecule has 0 saturated heterocycles. The van der Waals surface area contributed by atoms with Crippen LogP contribution in [0.25, 0.3) is 0 Å². The van der Waals surface area contributed by atoms with Gasteiger partial charge in [0.2, 0.25) is 0 Å². The van der Waals surface area contributed by atoms with Gasteiger partial charge in [-0.15, -0.1) is 0 Å². The molecule has 0 aromatic heterocycles. The molecule has 0 unspecified atom stereocenters. The molecule has 0 atom stereocenters. The molecule has 0 radical (unpaired) electrons. The van der Waals surface area contributed by atoms with Crippen LogP contribution < -0.4 is 0 Å². The van der Waals surface area contributed by atoms with Crippen molar-refractivity contribution >= 4 is 11.8 Å². The van der Waals surface area contributed by atoms with Crippen LogP contribution in [0.15, 0.2) is 42.5 Å². The Bertz CT molecular complexity index is 935. The molecule has 2 amide bonds. The fraction of sp³-hybridized carbons (Fsp3) is 0.500. The van der Waals surface area contributed by atoms with E-state index in [0.29, 0.717) is 12.1 Å². The summed E-state index contributed by atoms with van der Waals surface area (Å²) < 4.78 is 0. The van der Waals surface area contributed by atoms with Gasteiger partial charge in [0.25, 0.3) is 11.8 Å². The number of hydrogen-bond acceptors (Lipinski definition) is 3. The van der Waals surface area contributed by atoms with Gasteiger partial charge in [0.1, 0.15) is 5.75 Å². The number of carbonyl (C=O) groups is 2. The normalized spacial score (nSPS) is 11.3. The van der Waals surface area contributed by atoms with Crippen molar-refractivity contribution in [2.75, 3.05) is 27.2 Å². The zero-order chi connectivity index (χ0) is 25.6. The predicted octanol–water partition coefficient (Wildman–Crippen LogP) is 5.86. The van der Waals surface area contributed by atoms with Crippen LogP contribution in [0.2, 0.25) is 0 Å². The summed E-state index contributed by atoms with van der Waals surface area (Å²) in [5, 5.41) is 9.96. The number of benzene rings is 2. The predicted molar refractivity (Wildman–Crippen MR) is 137 cm³/mol. The maximum absolute atomic E-state index is 11.9. The van der Waals surface area contributed by atoms with Crippen LogP contribution in [0.3, 0.4) is 0 Å².